The highest BCUT2D eigenvalue weighted by atomic mass is 32.3. The van der Waals surface area contributed by atoms with Crippen LogP contribution in [-0.4, -0.2) is 51.3 Å². The second-order valence-corrected chi connectivity index (χ2v) is 6.45. The van der Waals surface area contributed by atoms with Crippen molar-refractivity contribution in [2.45, 2.75) is 0 Å². The smallest absolute Gasteiger partial charge is 0.300 e. The fourth-order valence-corrected chi connectivity index (χ4v) is 2.93. The van der Waals surface area contributed by atoms with Crippen molar-refractivity contribution in [3.05, 3.63) is 18.3 Å². The zero-order valence-electron chi connectivity index (χ0n) is 10.5. The van der Waals surface area contributed by atoms with Crippen molar-refractivity contribution in [3.63, 3.8) is 0 Å². The molecule has 0 spiro atoms. The number of hydrogen-bond acceptors (Lipinski definition) is 6. The van der Waals surface area contributed by atoms with Crippen molar-refractivity contribution in [3.8, 4) is 0 Å². The molecule has 8 heteroatoms. The van der Waals surface area contributed by atoms with E-state index >= 15 is 0 Å². The maximum absolute atomic E-state index is 11.4. The summed E-state index contributed by atoms with van der Waals surface area (Å²) in [6.45, 7) is 2.04. The molecule has 0 radical (unpaired) electrons. The molecule has 0 aromatic carbocycles. The van der Waals surface area contributed by atoms with Gasteiger partial charge in [-0.15, -0.1) is 4.31 Å². The van der Waals surface area contributed by atoms with E-state index in [1.807, 2.05) is 11.0 Å². The van der Waals surface area contributed by atoms with Crippen LogP contribution in [0.1, 0.15) is 0 Å². The molecule has 2 aromatic rings. The Bertz CT molecular complexity index is 597. The molecule has 1 fully saturated rings. The summed E-state index contributed by atoms with van der Waals surface area (Å²) in [5, 5.41) is 0. The normalized spacial score (nSPS) is 20.6. The molecule has 1 saturated heterocycles. The molecule has 1 atom stereocenters. The molecule has 0 aliphatic carbocycles. The number of oxazole rings is 1. The topological polar surface area (TPSA) is 85.5 Å². The third kappa shape index (κ3) is 2.46. The van der Waals surface area contributed by atoms with E-state index in [0.717, 1.165) is 0 Å². The van der Waals surface area contributed by atoms with Crippen LogP contribution in [-0.2, 0) is 14.6 Å². The Morgan fingerprint density at radius 3 is 2.74 bits per heavy atom. The Morgan fingerprint density at radius 2 is 2.11 bits per heavy atom. The van der Waals surface area contributed by atoms with Crippen molar-refractivity contribution in [1.82, 2.24) is 14.3 Å². The lowest BCUT2D eigenvalue weighted by molar-refractivity contribution is 0.336. The van der Waals surface area contributed by atoms with Gasteiger partial charge in [-0.3, -0.25) is 0 Å². The summed E-state index contributed by atoms with van der Waals surface area (Å²) in [5.41, 5.74) is 1.21. The van der Waals surface area contributed by atoms with Crippen molar-refractivity contribution < 1.29 is 13.2 Å². The molecule has 7 nitrogen and oxygen atoms in total. The number of fused-ring (bicyclic) bond motifs is 1. The molecule has 0 saturated carbocycles. The van der Waals surface area contributed by atoms with Crippen LogP contribution < -0.4 is 4.90 Å². The highest BCUT2D eigenvalue weighted by Gasteiger charge is 2.28. The van der Waals surface area contributed by atoms with E-state index in [2.05, 4.69) is 9.97 Å². The Morgan fingerprint density at radius 1 is 1.37 bits per heavy atom. The van der Waals surface area contributed by atoms with Crippen LogP contribution in [0.25, 0.3) is 11.2 Å². The predicted molar refractivity (Wildman–Crippen MR) is 70.3 cm³/mol. The first-order chi connectivity index (χ1) is 9.04. The van der Waals surface area contributed by atoms with Crippen LogP contribution in [0.2, 0.25) is 0 Å². The number of aromatic nitrogens is 2. The zero-order valence-corrected chi connectivity index (χ0v) is 11.3. The quantitative estimate of drug-likeness (QED) is 0.746. The first-order valence-corrected chi connectivity index (χ1v) is 7.80. The van der Waals surface area contributed by atoms with E-state index in [4.69, 9.17) is 4.42 Å². The standard InChI is InChI=1S/C11H14N4O3S/c1-19(16,17)15-7-5-14(6-8-15)11-13-10-9(18-11)3-2-4-12-10/h2-4H,5-8H2,1H3. The third-order valence-corrected chi connectivity index (χ3v) is 4.44. The molecule has 0 N–H and O–H groups in total. The molecule has 3 heterocycles. The van der Waals surface area contributed by atoms with Gasteiger partial charge < -0.3 is 13.9 Å². The van der Waals surface area contributed by atoms with E-state index in [1.54, 1.807) is 12.3 Å². The SMILES string of the molecule is C[S+](=O)([O-])N1CCN(c2nc3ncccc3o2)CC1. The van der Waals surface area contributed by atoms with E-state index in [-0.39, 0.29) is 0 Å². The number of nitrogens with zero attached hydrogens (tertiary/aromatic N) is 4. The van der Waals surface area contributed by atoms with Gasteiger partial charge in [0.2, 0.25) is 5.65 Å². The minimum Gasteiger partial charge on any atom is -0.598 e. The summed E-state index contributed by atoms with van der Waals surface area (Å²) in [4.78, 5) is 10.4. The van der Waals surface area contributed by atoms with Crippen LogP contribution in [0.4, 0.5) is 6.01 Å². The van der Waals surface area contributed by atoms with Gasteiger partial charge in [-0.2, -0.15) is 4.98 Å². The predicted octanol–water partition coefficient (Wildman–Crippen LogP) is 0.519. The minimum atomic E-state index is -3.11. The first kappa shape index (κ1) is 12.5. The van der Waals surface area contributed by atoms with Gasteiger partial charge in [0.05, 0.1) is 13.1 Å². The van der Waals surface area contributed by atoms with Gasteiger partial charge in [-0.1, -0.05) is 4.21 Å². The number of anilines is 1. The lowest BCUT2D eigenvalue weighted by Gasteiger charge is -2.33. The van der Waals surface area contributed by atoms with Crippen molar-refractivity contribution >= 4 is 27.6 Å². The summed E-state index contributed by atoms with van der Waals surface area (Å²) in [5.74, 6) is 0. The number of hydrogen-bond donors (Lipinski definition) is 0. The number of piperazine rings is 1. The van der Waals surface area contributed by atoms with Crippen LogP contribution in [0.15, 0.2) is 22.7 Å². The summed E-state index contributed by atoms with van der Waals surface area (Å²) in [6.07, 6.45) is 2.89. The highest BCUT2D eigenvalue weighted by molar-refractivity contribution is 7.94. The van der Waals surface area contributed by atoms with Gasteiger partial charge in [-0.05, 0) is 12.1 Å². The minimum absolute atomic E-state index is 0.449. The molecule has 102 valence electrons. The lowest BCUT2D eigenvalue weighted by Crippen LogP contribution is -2.50. The van der Waals surface area contributed by atoms with Crippen LogP contribution in [0.3, 0.4) is 0 Å². The maximum atomic E-state index is 11.4. The Hall–Kier alpha value is -1.51. The number of pyridine rings is 1. The monoisotopic (exact) mass is 282 g/mol. The molecule has 19 heavy (non-hydrogen) atoms. The second kappa shape index (κ2) is 4.55. The van der Waals surface area contributed by atoms with E-state index < -0.39 is 10.4 Å². The lowest BCUT2D eigenvalue weighted by atomic mass is 10.4. The summed E-state index contributed by atoms with van der Waals surface area (Å²) in [6, 6.07) is 4.10. The van der Waals surface area contributed by atoms with Gasteiger partial charge in [0.25, 0.3) is 6.01 Å². The van der Waals surface area contributed by atoms with Gasteiger partial charge >= 0.3 is 0 Å². The Kier molecular flexibility index (Phi) is 3.00. The maximum Gasteiger partial charge on any atom is 0.300 e. The van der Waals surface area contributed by atoms with Gasteiger partial charge in [0.1, 0.15) is 16.7 Å². The van der Waals surface area contributed by atoms with E-state index in [0.29, 0.717) is 43.4 Å². The van der Waals surface area contributed by atoms with Crippen molar-refractivity contribution in [1.29, 1.82) is 0 Å². The highest BCUT2D eigenvalue weighted by Crippen LogP contribution is 2.22. The van der Waals surface area contributed by atoms with Crippen LogP contribution >= 0.6 is 0 Å². The molecule has 3 rings (SSSR count). The largest absolute Gasteiger partial charge is 0.598 e. The molecule has 0 amide bonds. The molecule has 1 unspecified atom stereocenters. The fraction of sp³-hybridized carbons (Fsp3) is 0.455. The Balaban J connectivity index is 1.76. The van der Waals surface area contributed by atoms with Crippen molar-refractivity contribution in [2.24, 2.45) is 0 Å². The summed E-state index contributed by atoms with van der Waals surface area (Å²) in [7, 11) is -3.11. The van der Waals surface area contributed by atoms with Gasteiger partial charge in [0, 0.05) is 19.3 Å². The summed E-state index contributed by atoms with van der Waals surface area (Å²) >= 11 is 0. The number of rotatable bonds is 2. The molecule has 1 aliphatic rings. The molecule has 1 aliphatic heterocycles. The zero-order chi connectivity index (χ0) is 13.5. The van der Waals surface area contributed by atoms with Gasteiger partial charge in [0.15, 0.2) is 5.58 Å². The first-order valence-electron chi connectivity index (χ1n) is 5.96. The average Bonchev–Trinajstić information content (AvgIpc) is 2.81. The molecular weight excluding hydrogens is 268 g/mol. The van der Waals surface area contributed by atoms with E-state index in [9.17, 15) is 8.76 Å². The third-order valence-electron chi connectivity index (χ3n) is 3.13. The number of sulfonamides is 1. The molecular formula is C11H14N4O3S. The molecule has 2 aromatic heterocycles. The van der Waals surface area contributed by atoms with Crippen LogP contribution in [0.5, 0.6) is 0 Å². The Labute approximate surface area is 111 Å². The van der Waals surface area contributed by atoms with Gasteiger partial charge in [-0.25, -0.2) is 4.98 Å². The molecule has 0 bridgehead atoms. The second-order valence-electron chi connectivity index (χ2n) is 4.47. The van der Waals surface area contributed by atoms with Crippen LogP contribution in [0, 0.1) is 0 Å². The van der Waals surface area contributed by atoms with Crippen molar-refractivity contribution in [2.75, 3.05) is 37.3 Å². The van der Waals surface area contributed by atoms with E-state index in [1.165, 1.54) is 10.6 Å². The average molecular weight is 282 g/mol. The fourth-order valence-electron chi connectivity index (χ4n) is 2.10. The summed E-state index contributed by atoms with van der Waals surface area (Å²) < 4.78 is 29.9.